The van der Waals surface area contributed by atoms with Crippen molar-refractivity contribution in [3.8, 4) is 5.69 Å². The third-order valence-corrected chi connectivity index (χ3v) is 2.68. The molecule has 2 N–H and O–H groups in total. The van der Waals surface area contributed by atoms with E-state index in [-0.39, 0.29) is 0 Å². The molecule has 0 bridgehead atoms. The quantitative estimate of drug-likeness (QED) is 0.821. The van der Waals surface area contributed by atoms with Gasteiger partial charge in [-0.1, -0.05) is 19.1 Å². The number of benzene rings is 1. The van der Waals surface area contributed by atoms with Crippen molar-refractivity contribution in [2.75, 3.05) is 5.73 Å². The summed E-state index contributed by atoms with van der Waals surface area (Å²) >= 11 is 0. The van der Waals surface area contributed by atoms with Crippen LogP contribution in [-0.2, 0) is 6.42 Å². The first-order valence-corrected chi connectivity index (χ1v) is 5.92. The second kappa shape index (κ2) is 4.99. The van der Waals surface area contributed by atoms with Crippen LogP contribution >= 0.6 is 0 Å². The highest BCUT2D eigenvalue weighted by atomic mass is 15.4. The van der Waals surface area contributed by atoms with Crippen LogP contribution in [0, 0.1) is 5.92 Å². The summed E-state index contributed by atoms with van der Waals surface area (Å²) < 4.78 is 1.79. The molecule has 0 amide bonds. The van der Waals surface area contributed by atoms with Crippen molar-refractivity contribution in [3.63, 3.8) is 0 Å². The summed E-state index contributed by atoms with van der Waals surface area (Å²) in [5, 5.41) is 8.29. The number of nitrogen functional groups attached to an aromatic ring is 1. The Hall–Kier alpha value is -1.84. The molecule has 0 unspecified atom stereocenters. The van der Waals surface area contributed by atoms with Crippen LogP contribution in [0.25, 0.3) is 5.69 Å². The fraction of sp³-hybridized carbons (Fsp3) is 0.385. The molecule has 0 atom stereocenters. The molecular weight excluding hydrogens is 212 g/mol. The van der Waals surface area contributed by atoms with Gasteiger partial charge >= 0.3 is 0 Å². The Morgan fingerprint density at radius 3 is 2.59 bits per heavy atom. The number of anilines is 1. The van der Waals surface area contributed by atoms with Crippen molar-refractivity contribution < 1.29 is 0 Å². The van der Waals surface area contributed by atoms with E-state index >= 15 is 0 Å². The molecule has 0 fully saturated rings. The molecule has 2 aromatic rings. The van der Waals surface area contributed by atoms with Crippen molar-refractivity contribution in [1.82, 2.24) is 15.0 Å². The van der Waals surface area contributed by atoms with E-state index in [0.29, 0.717) is 5.92 Å². The summed E-state index contributed by atoms with van der Waals surface area (Å²) in [5.41, 5.74) is 8.43. The summed E-state index contributed by atoms with van der Waals surface area (Å²) in [6, 6.07) is 7.61. The number of hydrogen-bond donors (Lipinski definition) is 1. The van der Waals surface area contributed by atoms with Gasteiger partial charge in [-0.15, -0.1) is 5.10 Å². The average molecular weight is 230 g/mol. The molecule has 0 aliphatic carbocycles. The van der Waals surface area contributed by atoms with Crippen LogP contribution in [0.4, 0.5) is 5.69 Å². The van der Waals surface area contributed by atoms with Crippen LogP contribution in [-0.4, -0.2) is 15.0 Å². The van der Waals surface area contributed by atoms with Crippen LogP contribution in [0.15, 0.2) is 30.5 Å². The number of aromatic nitrogens is 3. The number of aryl methyl sites for hydroxylation is 1. The van der Waals surface area contributed by atoms with Crippen LogP contribution in [0.5, 0.6) is 0 Å². The number of nitrogens with zero attached hydrogens (tertiary/aromatic N) is 3. The summed E-state index contributed by atoms with van der Waals surface area (Å²) in [5.74, 6) is 0.691. The lowest BCUT2D eigenvalue weighted by atomic mass is 10.1. The Balaban J connectivity index is 2.10. The van der Waals surface area contributed by atoms with Crippen molar-refractivity contribution in [2.45, 2.75) is 26.7 Å². The third kappa shape index (κ3) is 3.06. The van der Waals surface area contributed by atoms with Crippen LogP contribution in [0.1, 0.15) is 26.0 Å². The predicted molar refractivity (Wildman–Crippen MR) is 68.9 cm³/mol. The van der Waals surface area contributed by atoms with Gasteiger partial charge in [-0.05, 0) is 43.0 Å². The fourth-order valence-electron chi connectivity index (χ4n) is 1.60. The normalized spacial score (nSPS) is 11.0. The van der Waals surface area contributed by atoms with Crippen LogP contribution < -0.4 is 5.73 Å². The Morgan fingerprint density at radius 1 is 1.24 bits per heavy atom. The number of rotatable bonds is 4. The van der Waals surface area contributed by atoms with Gasteiger partial charge in [-0.2, -0.15) is 0 Å². The van der Waals surface area contributed by atoms with E-state index in [1.54, 1.807) is 4.68 Å². The van der Waals surface area contributed by atoms with Gasteiger partial charge < -0.3 is 5.73 Å². The minimum Gasteiger partial charge on any atom is -0.399 e. The molecule has 1 aromatic heterocycles. The van der Waals surface area contributed by atoms with E-state index in [4.69, 9.17) is 5.73 Å². The first-order chi connectivity index (χ1) is 8.15. The average Bonchev–Trinajstić information content (AvgIpc) is 2.76. The van der Waals surface area contributed by atoms with E-state index in [2.05, 4.69) is 24.2 Å². The van der Waals surface area contributed by atoms with E-state index in [0.717, 1.165) is 29.9 Å². The molecule has 2 rings (SSSR count). The molecule has 0 saturated heterocycles. The Kier molecular flexibility index (Phi) is 3.42. The molecule has 17 heavy (non-hydrogen) atoms. The number of nitrogens with two attached hydrogens (primary N) is 1. The van der Waals surface area contributed by atoms with Crippen molar-refractivity contribution in [1.29, 1.82) is 0 Å². The van der Waals surface area contributed by atoms with Crippen LogP contribution in [0.3, 0.4) is 0 Å². The zero-order chi connectivity index (χ0) is 12.3. The first-order valence-electron chi connectivity index (χ1n) is 5.92. The van der Waals surface area contributed by atoms with Gasteiger partial charge in [0.25, 0.3) is 0 Å². The summed E-state index contributed by atoms with van der Waals surface area (Å²) in [6.07, 6.45) is 4.10. The minimum absolute atomic E-state index is 0.691. The Morgan fingerprint density at radius 2 is 1.94 bits per heavy atom. The van der Waals surface area contributed by atoms with Crippen molar-refractivity contribution >= 4 is 5.69 Å². The lowest BCUT2D eigenvalue weighted by Crippen LogP contribution is -1.95. The van der Waals surface area contributed by atoms with Gasteiger partial charge in [-0.25, -0.2) is 4.68 Å². The summed E-state index contributed by atoms with van der Waals surface area (Å²) in [4.78, 5) is 0. The van der Waals surface area contributed by atoms with Gasteiger partial charge in [0, 0.05) is 5.69 Å². The molecule has 4 heteroatoms. The molecule has 0 saturated carbocycles. The predicted octanol–water partition coefficient (Wildman–Crippen LogP) is 2.44. The summed E-state index contributed by atoms with van der Waals surface area (Å²) in [6.45, 7) is 4.43. The van der Waals surface area contributed by atoms with E-state index in [1.165, 1.54) is 0 Å². The van der Waals surface area contributed by atoms with Gasteiger partial charge in [0.1, 0.15) is 0 Å². The maximum atomic E-state index is 5.65. The first kappa shape index (κ1) is 11.6. The lowest BCUT2D eigenvalue weighted by molar-refractivity contribution is 0.581. The Labute approximate surface area is 101 Å². The molecule has 90 valence electrons. The second-order valence-electron chi connectivity index (χ2n) is 4.68. The second-order valence-corrected chi connectivity index (χ2v) is 4.68. The van der Waals surface area contributed by atoms with Crippen molar-refractivity contribution in [3.05, 3.63) is 36.2 Å². The van der Waals surface area contributed by atoms with Gasteiger partial charge in [-0.3, -0.25) is 0 Å². The molecule has 0 aliphatic heterocycles. The standard InChI is InChI=1S/C13H18N4/c1-10(2)3-6-12-9-17(16-15-12)13-7-4-11(14)5-8-13/h4-5,7-10H,3,6,14H2,1-2H3. The highest BCUT2D eigenvalue weighted by molar-refractivity contribution is 5.44. The SMILES string of the molecule is CC(C)CCc1cn(-c2ccc(N)cc2)nn1. The maximum absolute atomic E-state index is 5.65. The molecular formula is C13H18N4. The van der Waals surface area contributed by atoms with Crippen LogP contribution in [0.2, 0.25) is 0 Å². The molecule has 1 heterocycles. The van der Waals surface area contributed by atoms with Gasteiger partial charge in [0.05, 0.1) is 17.6 Å². The maximum Gasteiger partial charge on any atom is 0.0831 e. The molecule has 0 spiro atoms. The zero-order valence-electron chi connectivity index (χ0n) is 10.3. The van der Waals surface area contributed by atoms with E-state index in [9.17, 15) is 0 Å². The monoisotopic (exact) mass is 230 g/mol. The summed E-state index contributed by atoms with van der Waals surface area (Å²) in [7, 11) is 0. The Bertz CT molecular complexity index is 470. The molecule has 4 nitrogen and oxygen atoms in total. The largest absolute Gasteiger partial charge is 0.399 e. The molecule has 0 aliphatic rings. The minimum atomic E-state index is 0.691. The van der Waals surface area contributed by atoms with E-state index < -0.39 is 0 Å². The van der Waals surface area contributed by atoms with Gasteiger partial charge in [0.15, 0.2) is 0 Å². The highest BCUT2D eigenvalue weighted by Gasteiger charge is 2.03. The van der Waals surface area contributed by atoms with Gasteiger partial charge in [0.2, 0.25) is 0 Å². The fourth-order valence-corrected chi connectivity index (χ4v) is 1.60. The lowest BCUT2D eigenvalue weighted by Gasteiger charge is -2.01. The molecule has 0 radical (unpaired) electrons. The zero-order valence-corrected chi connectivity index (χ0v) is 10.3. The number of hydrogen-bond acceptors (Lipinski definition) is 3. The van der Waals surface area contributed by atoms with E-state index in [1.807, 2.05) is 30.5 Å². The highest BCUT2D eigenvalue weighted by Crippen LogP contribution is 2.11. The topological polar surface area (TPSA) is 56.7 Å². The third-order valence-electron chi connectivity index (χ3n) is 2.68. The smallest absolute Gasteiger partial charge is 0.0831 e. The molecule has 1 aromatic carbocycles. The van der Waals surface area contributed by atoms with Crippen molar-refractivity contribution in [2.24, 2.45) is 5.92 Å².